The van der Waals surface area contributed by atoms with Gasteiger partial charge in [-0.25, -0.2) is 13.1 Å². The molecular weight excluding hydrogens is 356 g/mol. The average Bonchev–Trinajstić information content (AvgIpc) is 2.49. The molecule has 0 fully saturated rings. The van der Waals surface area contributed by atoms with E-state index < -0.39 is 10.0 Å². The molecule has 0 aliphatic rings. The number of hydrogen-bond donors (Lipinski definition) is 2. The van der Waals surface area contributed by atoms with Crippen molar-refractivity contribution >= 4 is 37.5 Å². The van der Waals surface area contributed by atoms with Gasteiger partial charge in [-0.05, 0) is 55.6 Å². The fraction of sp³-hybridized carbons (Fsp3) is 0.0714. The third-order valence-corrected chi connectivity index (χ3v) is 4.76. The van der Waals surface area contributed by atoms with E-state index in [0.29, 0.717) is 11.3 Å². The Labute approximate surface area is 131 Å². The minimum Gasteiger partial charge on any atom is -0.322 e. The number of benzene rings is 2. The Balaban J connectivity index is 2.15. The van der Waals surface area contributed by atoms with Crippen LogP contribution in [0.1, 0.15) is 10.4 Å². The molecule has 0 unspecified atom stereocenters. The van der Waals surface area contributed by atoms with E-state index in [4.69, 9.17) is 0 Å². The lowest BCUT2D eigenvalue weighted by Gasteiger charge is -2.06. The summed E-state index contributed by atoms with van der Waals surface area (Å²) in [6.07, 6.45) is 0. The van der Waals surface area contributed by atoms with E-state index in [0.717, 1.165) is 4.47 Å². The molecule has 2 N–H and O–H groups in total. The van der Waals surface area contributed by atoms with Gasteiger partial charge in [0.2, 0.25) is 10.0 Å². The van der Waals surface area contributed by atoms with Gasteiger partial charge in [-0.2, -0.15) is 0 Å². The van der Waals surface area contributed by atoms with Gasteiger partial charge in [0, 0.05) is 15.7 Å². The highest BCUT2D eigenvalue weighted by Crippen LogP contribution is 2.16. The van der Waals surface area contributed by atoms with E-state index in [1.165, 1.54) is 31.3 Å². The number of carbonyl (C=O) groups is 1. The Hall–Kier alpha value is -1.70. The number of carbonyl (C=O) groups excluding carboxylic acids is 1. The molecule has 21 heavy (non-hydrogen) atoms. The molecule has 0 bridgehead atoms. The van der Waals surface area contributed by atoms with Crippen LogP contribution in [0.5, 0.6) is 0 Å². The van der Waals surface area contributed by atoms with Crippen molar-refractivity contribution in [3.8, 4) is 0 Å². The van der Waals surface area contributed by atoms with Crippen LogP contribution >= 0.6 is 15.9 Å². The van der Waals surface area contributed by atoms with Gasteiger partial charge in [0.25, 0.3) is 5.91 Å². The van der Waals surface area contributed by atoms with Crippen LogP contribution in [-0.4, -0.2) is 21.4 Å². The van der Waals surface area contributed by atoms with Crippen LogP contribution in [0.2, 0.25) is 0 Å². The van der Waals surface area contributed by atoms with Crippen LogP contribution in [-0.2, 0) is 10.0 Å². The lowest BCUT2D eigenvalue weighted by atomic mass is 10.2. The minimum absolute atomic E-state index is 0.116. The quantitative estimate of drug-likeness (QED) is 0.870. The summed E-state index contributed by atoms with van der Waals surface area (Å²) in [5, 5.41) is 2.73. The van der Waals surface area contributed by atoms with Gasteiger partial charge in [0.05, 0.1) is 4.90 Å². The molecule has 2 rings (SSSR count). The van der Waals surface area contributed by atoms with Gasteiger partial charge in [-0.1, -0.05) is 15.9 Å². The van der Waals surface area contributed by atoms with E-state index in [-0.39, 0.29) is 10.8 Å². The summed E-state index contributed by atoms with van der Waals surface area (Å²) in [6, 6.07) is 12.9. The molecule has 0 heterocycles. The van der Waals surface area contributed by atoms with Crippen LogP contribution in [0.3, 0.4) is 0 Å². The first-order valence-corrected chi connectivity index (χ1v) is 8.30. The Morgan fingerprint density at radius 2 is 1.57 bits per heavy atom. The third-order valence-electron chi connectivity index (χ3n) is 2.80. The van der Waals surface area contributed by atoms with Crippen LogP contribution in [0, 0.1) is 0 Å². The van der Waals surface area contributed by atoms with Gasteiger partial charge in [-0.3, -0.25) is 4.79 Å². The zero-order valence-electron chi connectivity index (χ0n) is 11.1. The molecule has 0 spiro atoms. The lowest BCUT2D eigenvalue weighted by Crippen LogP contribution is -2.19. The predicted octanol–water partition coefficient (Wildman–Crippen LogP) is 2.61. The van der Waals surface area contributed by atoms with Crippen molar-refractivity contribution in [3.05, 3.63) is 58.6 Å². The molecule has 0 saturated heterocycles. The molecular formula is C14H13BrN2O3S. The number of amides is 1. The first-order valence-electron chi connectivity index (χ1n) is 6.03. The van der Waals surface area contributed by atoms with Crippen molar-refractivity contribution in [1.29, 1.82) is 0 Å². The first kappa shape index (κ1) is 15.7. The number of anilines is 1. The monoisotopic (exact) mass is 368 g/mol. The smallest absolute Gasteiger partial charge is 0.255 e. The van der Waals surface area contributed by atoms with Gasteiger partial charge in [0.1, 0.15) is 0 Å². The summed E-state index contributed by atoms with van der Waals surface area (Å²) in [4.78, 5) is 12.2. The zero-order valence-corrected chi connectivity index (χ0v) is 13.5. The molecule has 0 aromatic heterocycles. The number of hydrogen-bond acceptors (Lipinski definition) is 3. The van der Waals surface area contributed by atoms with Crippen molar-refractivity contribution in [3.63, 3.8) is 0 Å². The average molecular weight is 369 g/mol. The topological polar surface area (TPSA) is 75.3 Å². The van der Waals surface area contributed by atoms with Crippen LogP contribution in [0.15, 0.2) is 57.9 Å². The highest BCUT2D eigenvalue weighted by atomic mass is 79.9. The molecule has 110 valence electrons. The van der Waals surface area contributed by atoms with Crippen LogP contribution in [0.4, 0.5) is 5.69 Å². The van der Waals surface area contributed by atoms with Crippen LogP contribution in [0.25, 0.3) is 0 Å². The molecule has 0 saturated carbocycles. The fourth-order valence-corrected chi connectivity index (χ4v) is 2.63. The number of rotatable bonds is 4. The summed E-state index contributed by atoms with van der Waals surface area (Å²) in [7, 11) is -2.15. The van der Waals surface area contributed by atoms with Crippen LogP contribution < -0.4 is 10.0 Å². The van der Waals surface area contributed by atoms with Gasteiger partial charge in [-0.15, -0.1) is 0 Å². The normalized spacial score (nSPS) is 11.1. The Morgan fingerprint density at radius 1 is 1.00 bits per heavy atom. The van der Waals surface area contributed by atoms with Crippen molar-refractivity contribution in [1.82, 2.24) is 4.72 Å². The largest absolute Gasteiger partial charge is 0.322 e. The molecule has 7 heteroatoms. The summed E-state index contributed by atoms with van der Waals surface area (Å²) in [5.41, 5.74) is 1.04. The van der Waals surface area contributed by atoms with Crippen molar-refractivity contribution in [2.45, 2.75) is 4.90 Å². The van der Waals surface area contributed by atoms with Gasteiger partial charge in [0.15, 0.2) is 0 Å². The summed E-state index contributed by atoms with van der Waals surface area (Å²) in [5.74, 6) is -0.300. The molecule has 0 atom stereocenters. The fourth-order valence-electron chi connectivity index (χ4n) is 1.64. The third kappa shape index (κ3) is 3.90. The maximum Gasteiger partial charge on any atom is 0.255 e. The van der Waals surface area contributed by atoms with Crippen molar-refractivity contribution in [2.75, 3.05) is 12.4 Å². The summed E-state index contributed by atoms with van der Waals surface area (Å²) in [6.45, 7) is 0. The SMILES string of the molecule is CNS(=O)(=O)c1ccc(C(=O)Nc2ccc(Br)cc2)cc1. The predicted molar refractivity (Wildman–Crippen MR) is 84.8 cm³/mol. The highest BCUT2D eigenvalue weighted by molar-refractivity contribution is 9.10. The maximum absolute atomic E-state index is 12.0. The number of sulfonamides is 1. The van der Waals surface area contributed by atoms with Gasteiger partial charge >= 0.3 is 0 Å². The van der Waals surface area contributed by atoms with E-state index in [1.807, 2.05) is 12.1 Å². The molecule has 5 nitrogen and oxygen atoms in total. The molecule has 0 aliphatic carbocycles. The number of nitrogens with one attached hydrogen (secondary N) is 2. The van der Waals surface area contributed by atoms with E-state index in [1.54, 1.807) is 12.1 Å². The standard InChI is InChI=1S/C14H13BrN2O3S/c1-16-21(19,20)13-8-2-10(3-9-13)14(18)17-12-6-4-11(15)5-7-12/h2-9,16H,1H3,(H,17,18). The Morgan fingerprint density at radius 3 is 2.10 bits per heavy atom. The molecule has 2 aromatic rings. The van der Waals surface area contributed by atoms with E-state index in [2.05, 4.69) is 26.0 Å². The molecule has 0 radical (unpaired) electrons. The second kappa shape index (κ2) is 6.38. The second-order valence-corrected chi connectivity index (χ2v) is 7.00. The molecule has 0 aliphatic heterocycles. The lowest BCUT2D eigenvalue weighted by molar-refractivity contribution is 0.102. The zero-order chi connectivity index (χ0) is 15.5. The molecule has 1 amide bonds. The summed E-state index contributed by atoms with van der Waals surface area (Å²) >= 11 is 3.31. The molecule has 2 aromatic carbocycles. The van der Waals surface area contributed by atoms with Gasteiger partial charge < -0.3 is 5.32 Å². The maximum atomic E-state index is 12.0. The number of halogens is 1. The first-order chi connectivity index (χ1) is 9.92. The Bertz CT molecular complexity index is 741. The van der Waals surface area contributed by atoms with E-state index in [9.17, 15) is 13.2 Å². The van der Waals surface area contributed by atoms with Crippen molar-refractivity contribution < 1.29 is 13.2 Å². The van der Waals surface area contributed by atoms with Crippen molar-refractivity contribution in [2.24, 2.45) is 0 Å². The summed E-state index contributed by atoms with van der Waals surface area (Å²) < 4.78 is 26.3. The minimum atomic E-state index is -3.49. The van der Waals surface area contributed by atoms with E-state index >= 15 is 0 Å². The Kier molecular flexibility index (Phi) is 4.76. The second-order valence-electron chi connectivity index (χ2n) is 4.19. The highest BCUT2D eigenvalue weighted by Gasteiger charge is 2.12.